The van der Waals surface area contributed by atoms with E-state index in [1.54, 1.807) is 4.90 Å². The lowest BCUT2D eigenvalue weighted by Crippen LogP contribution is -2.35. The highest BCUT2D eigenvalue weighted by Crippen LogP contribution is 2.37. The standard InChI is InChI=1S/C29H39NO5.C19H27NO5.C10H13Br/c1-29(2)33-22-25-20-24(15-16-26(25)35-29)27-21-30(28(31)34-27)17-9-3-4-10-18-32-19-11-8-14-23-12-6-5-7-13-23;1-19(2)23-13-15-11-14(7-8-16(15)25-19)17-12-20(18(22)24-17)9-5-3-4-6-10-21;11-9-5-4-8-10-6-2-1-3-7-10/h5-7,12-13,15-16,20,27H,3-4,8-11,14,17-19,21-22H2,1-2H3;7-8,11,17,21H,3-6,9-10,12-13H2,1-2H3;1-3,6-7H,4-5,8-9H2/i5D,8D2,11D2,12D,13D,14D2,18D2,19D2;10D2;1D,4D2,5D2,6D,7D,8D2,9D2. The van der Waals surface area contributed by atoms with Crippen LogP contribution in [0.2, 0.25) is 0 Å². The van der Waals surface area contributed by atoms with Crippen LogP contribution in [0.25, 0.3) is 0 Å². The Kier molecular flexibility index (Phi) is 12.3. The first-order valence-electron chi connectivity index (χ1n) is 36.2. The van der Waals surface area contributed by atoms with Crippen molar-refractivity contribution in [2.45, 2.75) is 154 Å². The van der Waals surface area contributed by atoms with Gasteiger partial charge in [-0.05, 0) is 110 Å². The normalized spacial score (nSPS) is 25.8. The maximum atomic E-state index is 12.5. The van der Waals surface area contributed by atoms with Crippen LogP contribution in [0.4, 0.5) is 9.59 Å². The highest BCUT2D eigenvalue weighted by atomic mass is 79.9. The van der Waals surface area contributed by atoms with E-state index in [1.807, 2.05) is 64.1 Å². The number of hydrogen-bond acceptors (Lipinski definition) is 10. The molecule has 388 valence electrons. The number of halogens is 1. The predicted molar refractivity (Wildman–Crippen MR) is 281 cm³/mol. The Bertz CT molecular complexity index is 3420. The van der Waals surface area contributed by atoms with Crippen molar-refractivity contribution in [3.63, 3.8) is 0 Å². The average Bonchev–Trinajstić information content (AvgIpc) is 0.777. The summed E-state index contributed by atoms with van der Waals surface area (Å²) >= 11 is 2.38. The zero-order chi connectivity index (χ0) is 73.5. The molecule has 2 atom stereocenters. The Morgan fingerprint density at radius 3 is 1.59 bits per heavy atom. The fraction of sp³-hybridized carbons (Fsp3) is 0.552. The van der Waals surface area contributed by atoms with Crippen molar-refractivity contribution in [3.8, 4) is 11.5 Å². The van der Waals surface area contributed by atoms with E-state index in [0.717, 1.165) is 65.1 Å². The predicted octanol–water partition coefficient (Wildman–Crippen LogP) is 13.2. The summed E-state index contributed by atoms with van der Waals surface area (Å²) < 4.78 is 243. The van der Waals surface area contributed by atoms with E-state index in [0.29, 0.717) is 64.4 Å². The summed E-state index contributed by atoms with van der Waals surface area (Å²) in [5.74, 6) is 0.118. The van der Waals surface area contributed by atoms with Gasteiger partial charge in [-0.1, -0.05) is 114 Å². The van der Waals surface area contributed by atoms with Gasteiger partial charge in [0.15, 0.2) is 0 Å². The number of carbonyl (C=O) groups is 2. The molecule has 0 aromatic heterocycles. The number of unbranched alkanes of at least 4 members (excludes halogenated alkanes) is 4. The van der Waals surface area contributed by atoms with E-state index >= 15 is 0 Å². The van der Waals surface area contributed by atoms with E-state index < -0.39 is 129 Å². The molecule has 4 aromatic carbocycles. The van der Waals surface area contributed by atoms with Gasteiger partial charge >= 0.3 is 12.2 Å². The fourth-order valence-electron chi connectivity index (χ4n) is 7.32. The Balaban J connectivity index is 0.000000255. The lowest BCUT2D eigenvalue weighted by molar-refractivity contribution is -0.180. The number of aliphatic hydroxyl groups is 1. The van der Waals surface area contributed by atoms with Gasteiger partial charge in [-0.25, -0.2) is 9.59 Å². The Morgan fingerprint density at radius 1 is 0.648 bits per heavy atom. The molecule has 0 aliphatic carbocycles. The van der Waals surface area contributed by atoms with Crippen LogP contribution in [-0.4, -0.2) is 89.8 Å². The van der Waals surface area contributed by atoms with Crippen molar-refractivity contribution in [2.75, 3.05) is 51.1 Å². The van der Waals surface area contributed by atoms with Gasteiger partial charge in [0.05, 0.1) is 42.8 Å². The molecule has 13 heteroatoms. The zero-order valence-electron chi connectivity index (χ0n) is 66.2. The molecule has 1 N–H and O–H groups in total. The molecule has 2 fully saturated rings. The number of cyclic esters (lactones) is 2. The SMILES string of the molecule is [2H]C([2H])(O)CCCCCN1CC(c2ccc3c(c2)COC(C)(C)O3)OC1=O.[2H]c1cc([2H])c(C([2H])([2H])C([2H])([2H])C([2H])([2H])C([2H])([2H])Br)c([2H])c1.[2H]c1cc([2H])c(C([2H])([2H])C([2H])([2H])C([2H])([2H])C([2H])([2H])OC([2H])([2H])CCCCCN2CC(c3ccc4c(c3)COC(C)(C)O4)OC2=O)c([2H])c1. The molecule has 71 heavy (non-hydrogen) atoms. The second-order valence-electron chi connectivity index (χ2n) is 17.2. The molecule has 0 spiro atoms. The molecule has 4 heterocycles. The highest BCUT2D eigenvalue weighted by molar-refractivity contribution is 9.09. The molecular formula is C58H79BrN2O10. The van der Waals surface area contributed by atoms with Crippen LogP contribution >= 0.6 is 15.9 Å². The molecule has 0 radical (unpaired) electrons. The third-order valence-electron chi connectivity index (χ3n) is 10.9. The summed E-state index contributed by atoms with van der Waals surface area (Å²) in [6.07, 6.45) is -19.8. The number of hydrogen-bond donors (Lipinski definition) is 1. The minimum atomic E-state index is -3.82. The van der Waals surface area contributed by atoms with Gasteiger partial charge in [0, 0.05) is 96.1 Å². The van der Waals surface area contributed by atoms with Crippen LogP contribution in [0.1, 0.15) is 186 Å². The molecule has 2 saturated heterocycles. The molecular weight excluding hydrogens is 965 g/mol. The van der Waals surface area contributed by atoms with E-state index in [1.165, 1.54) is 4.90 Å². The summed E-state index contributed by atoms with van der Waals surface area (Å²) in [6.45, 7) is 1.24. The van der Waals surface area contributed by atoms with Crippen molar-refractivity contribution >= 4 is 28.1 Å². The Hall–Kier alpha value is -4.66. The third-order valence-corrected chi connectivity index (χ3v) is 11.1. The van der Waals surface area contributed by atoms with Crippen molar-refractivity contribution in [1.29, 1.82) is 0 Å². The van der Waals surface area contributed by atoms with Gasteiger partial charge in [0.2, 0.25) is 11.6 Å². The summed E-state index contributed by atoms with van der Waals surface area (Å²) in [5.41, 5.74) is 1.89. The topological polar surface area (TPSA) is 125 Å². The van der Waals surface area contributed by atoms with Crippen molar-refractivity contribution in [3.05, 3.63) is 130 Å². The monoisotopic (exact) mass is 1070 g/mol. The molecule has 2 amide bonds. The first kappa shape index (κ1) is 29.9. The number of ether oxygens (including phenoxy) is 7. The number of fused-ring (bicyclic) bond motifs is 2. The quantitative estimate of drug-likeness (QED) is 0.0535. The Morgan fingerprint density at radius 2 is 1.11 bits per heavy atom. The van der Waals surface area contributed by atoms with E-state index in [4.69, 9.17) is 73.9 Å². The van der Waals surface area contributed by atoms with Crippen LogP contribution < -0.4 is 9.47 Å². The minimum Gasteiger partial charge on any atom is -0.463 e. The molecule has 4 aromatic rings. The second-order valence-corrected chi connectivity index (χ2v) is 17.6. The van der Waals surface area contributed by atoms with Gasteiger partial charge < -0.3 is 48.1 Å². The summed E-state index contributed by atoms with van der Waals surface area (Å²) in [5, 5.41) is 6.20. The summed E-state index contributed by atoms with van der Waals surface area (Å²) in [7, 11) is 0. The summed E-state index contributed by atoms with van der Waals surface area (Å²) in [6, 6.07) is 11.6. The fourth-order valence-corrected chi connectivity index (χ4v) is 7.42. The van der Waals surface area contributed by atoms with Gasteiger partial charge in [-0.3, -0.25) is 0 Å². The molecule has 2 unspecified atom stereocenters. The maximum Gasteiger partial charge on any atom is 0.410 e. The zero-order valence-corrected chi connectivity index (χ0v) is 41.8. The van der Waals surface area contributed by atoms with Crippen molar-refractivity contribution in [2.24, 2.45) is 0 Å². The number of carbonyl (C=O) groups excluding carboxylic acids is 2. The maximum absolute atomic E-state index is 12.5. The molecule has 12 nitrogen and oxygen atoms in total. The number of amides is 2. The van der Waals surface area contributed by atoms with Crippen LogP contribution in [0, 0.1) is 0 Å². The van der Waals surface area contributed by atoms with Crippen molar-refractivity contribution in [1.82, 2.24) is 9.80 Å². The molecule has 8 rings (SSSR count). The van der Waals surface area contributed by atoms with Crippen LogP contribution in [0.5, 0.6) is 11.5 Å². The van der Waals surface area contributed by atoms with Crippen molar-refractivity contribution < 1.29 is 83.5 Å². The first-order chi connectivity index (χ1) is 44.1. The molecule has 4 aliphatic heterocycles. The van der Waals surface area contributed by atoms with E-state index in [9.17, 15) is 9.59 Å². The van der Waals surface area contributed by atoms with E-state index in [-0.39, 0.29) is 37.1 Å². The van der Waals surface area contributed by atoms with Gasteiger partial charge in [0.25, 0.3) is 0 Å². The third kappa shape index (κ3) is 19.0. The molecule has 0 saturated carbocycles. The van der Waals surface area contributed by atoms with Crippen LogP contribution in [-0.2, 0) is 49.6 Å². The van der Waals surface area contributed by atoms with Gasteiger partial charge in [-0.15, -0.1) is 0 Å². The first-order valence-corrected chi connectivity index (χ1v) is 24.0. The second kappa shape index (κ2) is 29.1. The largest absolute Gasteiger partial charge is 0.463 e. The van der Waals surface area contributed by atoms with Crippen LogP contribution in [0.3, 0.4) is 0 Å². The van der Waals surface area contributed by atoms with Crippen LogP contribution in [0.15, 0.2) is 96.9 Å². The average molecular weight is 1070 g/mol. The minimum absolute atomic E-state index is 0.107. The van der Waals surface area contributed by atoms with E-state index in [2.05, 4.69) is 15.9 Å². The lowest BCUT2D eigenvalue weighted by atomic mass is 10.0. The van der Waals surface area contributed by atoms with Gasteiger partial charge in [-0.2, -0.15) is 0 Å². The Labute approximate surface area is 468 Å². The molecule has 4 aliphatic rings. The molecule has 0 bridgehead atoms. The lowest BCUT2D eigenvalue weighted by Gasteiger charge is -2.32. The number of rotatable bonds is 24. The summed E-state index contributed by atoms with van der Waals surface area (Å²) in [4.78, 5) is 27.8. The van der Waals surface area contributed by atoms with Gasteiger partial charge in [0.1, 0.15) is 23.7 Å². The highest BCUT2D eigenvalue weighted by Gasteiger charge is 2.35. The number of nitrogens with zero attached hydrogens (tertiary/aromatic N) is 2. The number of alkyl halides is 1. The smallest absolute Gasteiger partial charge is 0.410 e. The number of benzene rings is 4.